The average molecular weight is 253 g/mol. The highest BCUT2D eigenvalue weighted by Gasteiger charge is 2.10. The predicted molar refractivity (Wildman–Crippen MR) is 77.1 cm³/mol. The quantitative estimate of drug-likeness (QED) is 0.877. The molecule has 0 spiro atoms. The first kappa shape index (κ1) is 12.2. The summed E-state index contributed by atoms with van der Waals surface area (Å²) in [6.45, 7) is 1.73. The molecule has 19 heavy (non-hydrogen) atoms. The van der Waals surface area contributed by atoms with Crippen LogP contribution in [-0.2, 0) is 25.9 Å². The molecule has 3 rings (SSSR count). The van der Waals surface area contributed by atoms with Crippen molar-refractivity contribution in [3.05, 3.63) is 64.7 Å². The van der Waals surface area contributed by atoms with E-state index in [4.69, 9.17) is 0 Å². The third-order valence-electron chi connectivity index (χ3n) is 3.76. The van der Waals surface area contributed by atoms with Crippen LogP contribution in [0.5, 0.6) is 5.75 Å². The van der Waals surface area contributed by atoms with Gasteiger partial charge in [-0.15, -0.1) is 0 Å². The lowest BCUT2D eigenvalue weighted by Crippen LogP contribution is -2.12. The van der Waals surface area contributed by atoms with Crippen LogP contribution in [0.15, 0.2) is 42.5 Å². The van der Waals surface area contributed by atoms with E-state index < -0.39 is 0 Å². The number of phenols is 1. The Bertz CT molecular complexity index is 560. The Balaban J connectivity index is 1.56. The molecule has 2 nitrogen and oxygen atoms in total. The molecule has 98 valence electrons. The number of rotatable bonds is 4. The number of aromatic hydroxyl groups is 1. The molecule has 0 heterocycles. The highest BCUT2D eigenvalue weighted by Crippen LogP contribution is 2.22. The number of aryl methyl sites for hydroxylation is 2. The fourth-order valence-electron chi connectivity index (χ4n) is 2.70. The summed E-state index contributed by atoms with van der Waals surface area (Å²) < 4.78 is 0. The van der Waals surface area contributed by atoms with Crippen LogP contribution in [0.1, 0.15) is 28.7 Å². The van der Waals surface area contributed by atoms with E-state index in [0.717, 1.165) is 13.1 Å². The van der Waals surface area contributed by atoms with Crippen LogP contribution in [0.4, 0.5) is 0 Å². The van der Waals surface area contributed by atoms with E-state index in [-0.39, 0.29) is 0 Å². The summed E-state index contributed by atoms with van der Waals surface area (Å²) in [5.74, 6) is 0.322. The molecule has 1 aliphatic carbocycles. The molecule has 0 saturated heterocycles. The number of phenolic OH excluding ortho intramolecular Hbond substituents is 1. The van der Waals surface area contributed by atoms with Crippen LogP contribution in [0, 0.1) is 0 Å². The fraction of sp³-hybridized carbons (Fsp3) is 0.294. The van der Waals surface area contributed by atoms with E-state index in [2.05, 4.69) is 23.5 Å². The van der Waals surface area contributed by atoms with Crippen molar-refractivity contribution < 1.29 is 5.11 Å². The molecular weight excluding hydrogens is 234 g/mol. The SMILES string of the molecule is Oc1ccc(CNCc2ccc3c(c2)CCC3)cc1. The van der Waals surface area contributed by atoms with Crippen molar-refractivity contribution in [2.24, 2.45) is 0 Å². The van der Waals surface area contributed by atoms with Crippen molar-refractivity contribution in [1.29, 1.82) is 0 Å². The number of fused-ring (bicyclic) bond motifs is 1. The number of hydrogen-bond acceptors (Lipinski definition) is 2. The van der Waals surface area contributed by atoms with Gasteiger partial charge in [0.1, 0.15) is 5.75 Å². The van der Waals surface area contributed by atoms with Gasteiger partial charge in [0.2, 0.25) is 0 Å². The van der Waals surface area contributed by atoms with E-state index in [1.165, 1.54) is 41.5 Å². The van der Waals surface area contributed by atoms with E-state index in [9.17, 15) is 5.11 Å². The second kappa shape index (κ2) is 5.45. The van der Waals surface area contributed by atoms with Crippen molar-refractivity contribution in [2.45, 2.75) is 32.4 Å². The second-order valence-electron chi connectivity index (χ2n) is 5.23. The van der Waals surface area contributed by atoms with Crippen molar-refractivity contribution in [3.63, 3.8) is 0 Å². The number of benzene rings is 2. The first-order valence-corrected chi connectivity index (χ1v) is 6.90. The third kappa shape index (κ3) is 2.96. The van der Waals surface area contributed by atoms with Gasteiger partial charge in [-0.25, -0.2) is 0 Å². The van der Waals surface area contributed by atoms with Crippen LogP contribution in [-0.4, -0.2) is 5.11 Å². The summed E-state index contributed by atoms with van der Waals surface area (Å²) >= 11 is 0. The molecule has 0 aliphatic heterocycles. The van der Waals surface area contributed by atoms with E-state index in [1.807, 2.05) is 12.1 Å². The lowest BCUT2D eigenvalue weighted by Gasteiger charge is -2.07. The Labute approximate surface area is 114 Å². The lowest BCUT2D eigenvalue weighted by atomic mass is 10.1. The van der Waals surface area contributed by atoms with E-state index in [0.29, 0.717) is 5.75 Å². The molecule has 0 radical (unpaired) electrons. The first-order valence-electron chi connectivity index (χ1n) is 6.90. The van der Waals surface area contributed by atoms with Gasteiger partial charge in [0.15, 0.2) is 0 Å². The van der Waals surface area contributed by atoms with Gasteiger partial charge in [-0.3, -0.25) is 0 Å². The summed E-state index contributed by atoms with van der Waals surface area (Å²) in [5, 5.41) is 12.7. The second-order valence-corrected chi connectivity index (χ2v) is 5.23. The molecule has 0 aromatic heterocycles. The minimum Gasteiger partial charge on any atom is -0.508 e. The zero-order valence-corrected chi connectivity index (χ0v) is 11.0. The molecule has 2 heteroatoms. The van der Waals surface area contributed by atoms with Gasteiger partial charge < -0.3 is 10.4 Å². The molecule has 0 unspecified atom stereocenters. The zero-order chi connectivity index (χ0) is 13.1. The molecule has 0 bridgehead atoms. The Morgan fingerprint density at radius 3 is 2.37 bits per heavy atom. The molecule has 2 N–H and O–H groups in total. The van der Waals surface area contributed by atoms with Gasteiger partial charge in [-0.2, -0.15) is 0 Å². The molecular formula is C17H19NO. The number of hydrogen-bond donors (Lipinski definition) is 2. The third-order valence-corrected chi connectivity index (χ3v) is 3.76. The van der Waals surface area contributed by atoms with Crippen LogP contribution < -0.4 is 5.32 Å². The minimum absolute atomic E-state index is 0.322. The first-order chi connectivity index (χ1) is 9.31. The van der Waals surface area contributed by atoms with Crippen LogP contribution in [0.25, 0.3) is 0 Å². The van der Waals surface area contributed by atoms with E-state index >= 15 is 0 Å². The lowest BCUT2D eigenvalue weighted by molar-refractivity contribution is 0.475. The van der Waals surface area contributed by atoms with Crippen LogP contribution in [0.3, 0.4) is 0 Å². The highest BCUT2D eigenvalue weighted by molar-refractivity contribution is 5.35. The minimum atomic E-state index is 0.322. The molecule has 1 aliphatic rings. The summed E-state index contributed by atoms with van der Waals surface area (Å²) in [6.07, 6.45) is 3.79. The van der Waals surface area contributed by atoms with Crippen molar-refractivity contribution in [2.75, 3.05) is 0 Å². The van der Waals surface area contributed by atoms with Gasteiger partial charge in [-0.1, -0.05) is 30.3 Å². The molecule has 0 fully saturated rings. The molecule has 2 aromatic carbocycles. The average Bonchev–Trinajstić information content (AvgIpc) is 2.88. The molecule has 0 saturated carbocycles. The van der Waals surface area contributed by atoms with Gasteiger partial charge in [0, 0.05) is 13.1 Å². The largest absolute Gasteiger partial charge is 0.508 e. The van der Waals surface area contributed by atoms with Crippen molar-refractivity contribution in [3.8, 4) is 5.75 Å². The van der Waals surface area contributed by atoms with Crippen molar-refractivity contribution >= 4 is 0 Å². The normalized spacial score (nSPS) is 13.5. The summed E-state index contributed by atoms with van der Waals surface area (Å²) in [6, 6.07) is 14.2. The summed E-state index contributed by atoms with van der Waals surface area (Å²) in [5.41, 5.74) is 5.62. The molecule has 0 atom stereocenters. The topological polar surface area (TPSA) is 32.3 Å². The Morgan fingerprint density at radius 1 is 0.842 bits per heavy atom. The van der Waals surface area contributed by atoms with Crippen LogP contribution in [0.2, 0.25) is 0 Å². The maximum Gasteiger partial charge on any atom is 0.115 e. The maximum atomic E-state index is 9.23. The molecule has 0 amide bonds. The summed E-state index contributed by atoms with van der Waals surface area (Å²) in [4.78, 5) is 0. The Kier molecular flexibility index (Phi) is 3.51. The molecule has 2 aromatic rings. The van der Waals surface area contributed by atoms with Gasteiger partial charge in [0.25, 0.3) is 0 Å². The Hall–Kier alpha value is -1.80. The van der Waals surface area contributed by atoms with Crippen molar-refractivity contribution in [1.82, 2.24) is 5.32 Å². The fourth-order valence-corrected chi connectivity index (χ4v) is 2.70. The highest BCUT2D eigenvalue weighted by atomic mass is 16.3. The van der Waals surface area contributed by atoms with Crippen LogP contribution >= 0.6 is 0 Å². The Morgan fingerprint density at radius 2 is 1.53 bits per heavy atom. The smallest absolute Gasteiger partial charge is 0.115 e. The van der Waals surface area contributed by atoms with Gasteiger partial charge in [-0.05, 0) is 53.6 Å². The van der Waals surface area contributed by atoms with E-state index in [1.54, 1.807) is 12.1 Å². The number of nitrogens with one attached hydrogen (secondary N) is 1. The summed E-state index contributed by atoms with van der Waals surface area (Å²) in [7, 11) is 0. The monoisotopic (exact) mass is 253 g/mol. The predicted octanol–water partition coefficient (Wildman–Crippen LogP) is 3.17. The van der Waals surface area contributed by atoms with Gasteiger partial charge >= 0.3 is 0 Å². The maximum absolute atomic E-state index is 9.23. The van der Waals surface area contributed by atoms with Gasteiger partial charge in [0.05, 0.1) is 0 Å². The zero-order valence-electron chi connectivity index (χ0n) is 11.0. The standard InChI is InChI=1S/C17H19NO/c19-17-8-5-13(6-9-17)11-18-12-14-4-7-15-2-1-3-16(15)10-14/h4-10,18-19H,1-3,11-12H2.